The van der Waals surface area contributed by atoms with Crippen LogP contribution in [0, 0.1) is 0 Å². The Labute approximate surface area is 107 Å². The number of aromatic nitrogens is 1. The van der Waals surface area contributed by atoms with Gasteiger partial charge < -0.3 is 9.30 Å². The molecule has 0 fully saturated rings. The molecular formula is C15H17NO2. The molecule has 0 N–H and O–H groups in total. The summed E-state index contributed by atoms with van der Waals surface area (Å²) in [5.41, 5.74) is 1.12. The predicted octanol–water partition coefficient (Wildman–Crippen LogP) is 3.43. The van der Waals surface area contributed by atoms with E-state index in [-0.39, 0.29) is 5.97 Å². The Hall–Kier alpha value is -2.03. The van der Waals surface area contributed by atoms with Crippen molar-refractivity contribution in [1.82, 2.24) is 4.57 Å². The molecule has 94 valence electrons. The van der Waals surface area contributed by atoms with Gasteiger partial charge in [0.05, 0.1) is 5.56 Å². The van der Waals surface area contributed by atoms with E-state index < -0.39 is 5.60 Å². The third kappa shape index (κ3) is 3.00. The Morgan fingerprint density at radius 3 is 2.39 bits per heavy atom. The highest BCUT2D eigenvalue weighted by molar-refractivity contribution is 5.89. The zero-order chi connectivity index (χ0) is 13.2. The number of carbonyl (C=O) groups excluding carboxylic acids is 1. The summed E-state index contributed by atoms with van der Waals surface area (Å²) in [6, 6.07) is 11.6. The van der Waals surface area contributed by atoms with Crippen molar-refractivity contribution in [3.8, 4) is 5.69 Å². The van der Waals surface area contributed by atoms with Gasteiger partial charge >= 0.3 is 5.97 Å². The lowest BCUT2D eigenvalue weighted by molar-refractivity contribution is 0.00697. The zero-order valence-corrected chi connectivity index (χ0v) is 10.9. The van der Waals surface area contributed by atoms with Crippen molar-refractivity contribution in [2.24, 2.45) is 0 Å². The maximum absolute atomic E-state index is 11.9. The summed E-state index contributed by atoms with van der Waals surface area (Å²) in [4.78, 5) is 11.9. The summed E-state index contributed by atoms with van der Waals surface area (Å²) in [7, 11) is 0. The Kier molecular flexibility index (Phi) is 3.24. The SMILES string of the molecule is CC(C)(C)OC(=O)c1ccn(-c2ccccc2)c1. The number of hydrogen-bond donors (Lipinski definition) is 0. The van der Waals surface area contributed by atoms with Gasteiger partial charge in [0.15, 0.2) is 0 Å². The van der Waals surface area contributed by atoms with Crippen LogP contribution in [-0.2, 0) is 4.74 Å². The van der Waals surface area contributed by atoms with E-state index in [4.69, 9.17) is 4.74 Å². The molecule has 0 unspecified atom stereocenters. The second-order valence-corrected chi connectivity index (χ2v) is 5.14. The standard InChI is InChI=1S/C15H17NO2/c1-15(2,3)18-14(17)12-9-10-16(11-12)13-7-5-4-6-8-13/h4-11H,1-3H3. The molecule has 0 amide bonds. The van der Waals surface area contributed by atoms with Gasteiger partial charge in [-0.1, -0.05) is 18.2 Å². The highest BCUT2D eigenvalue weighted by Crippen LogP contribution is 2.14. The second kappa shape index (κ2) is 4.69. The van der Waals surface area contributed by atoms with Crippen molar-refractivity contribution in [3.63, 3.8) is 0 Å². The lowest BCUT2D eigenvalue weighted by Gasteiger charge is -2.18. The molecule has 3 nitrogen and oxygen atoms in total. The number of ether oxygens (including phenoxy) is 1. The molecule has 2 rings (SSSR count). The van der Waals surface area contributed by atoms with E-state index in [2.05, 4.69) is 0 Å². The Morgan fingerprint density at radius 1 is 1.11 bits per heavy atom. The maximum atomic E-state index is 11.9. The van der Waals surface area contributed by atoms with Crippen molar-refractivity contribution in [2.45, 2.75) is 26.4 Å². The van der Waals surface area contributed by atoms with Gasteiger partial charge in [0.25, 0.3) is 0 Å². The molecule has 0 atom stereocenters. The fraction of sp³-hybridized carbons (Fsp3) is 0.267. The van der Waals surface area contributed by atoms with Crippen LogP contribution in [0.25, 0.3) is 5.69 Å². The molecule has 0 aliphatic rings. The van der Waals surface area contributed by atoms with E-state index in [1.165, 1.54) is 0 Å². The van der Waals surface area contributed by atoms with Crippen LogP contribution in [0.4, 0.5) is 0 Å². The largest absolute Gasteiger partial charge is 0.456 e. The van der Waals surface area contributed by atoms with Gasteiger partial charge in [0.1, 0.15) is 5.60 Å². The summed E-state index contributed by atoms with van der Waals surface area (Å²) < 4.78 is 7.22. The molecule has 0 radical (unpaired) electrons. The summed E-state index contributed by atoms with van der Waals surface area (Å²) in [6.07, 6.45) is 3.64. The quantitative estimate of drug-likeness (QED) is 0.757. The van der Waals surface area contributed by atoms with Crippen LogP contribution in [-0.4, -0.2) is 16.1 Å². The van der Waals surface area contributed by atoms with E-state index in [0.29, 0.717) is 5.56 Å². The number of carbonyl (C=O) groups is 1. The molecule has 1 heterocycles. The lowest BCUT2D eigenvalue weighted by atomic mass is 10.2. The van der Waals surface area contributed by atoms with Crippen molar-refractivity contribution >= 4 is 5.97 Å². The summed E-state index contributed by atoms with van der Waals surface area (Å²) in [5, 5.41) is 0. The molecule has 0 aliphatic heterocycles. The van der Waals surface area contributed by atoms with Crippen LogP contribution in [0.5, 0.6) is 0 Å². The van der Waals surface area contributed by atoms with Crippen LogP contribution >= 0.6 is 0 Å². The first-order valence-electron chi connectivity index (χ1n) is 5.92. The zero-order valence-electron chi connectivity index (χ0n) is 10.9. The smallest absolute Gasteiger partial charge is 0.340 e. The molecule has 0 bridgehead atoms. The van der Waals surface area contributed by atoms with Gasteiger partial charge in [-0.15, -0.1) is 0 Å². The minimum Gasteiger partial charge on any atom is -0.456 e. The topological polar surface area (TPSA) is 31.2 Å². The molecule has 1 aromatic carbocycles. The molecule has 2 aromatic rings. The normalized spacial score (nSPS) is 11.3. The molecular weight excluding hydrogens is 226 g/mol. The average Bonchev–Trinajstić information content (AvgIpc) is 2.77. The van der Waals surface area contributed by atoms with Gasteiger partial charge in [0, 0.05) is 18.1 Å². The van der Waals surface area contributed by atoms with Crippen LogP contribution in [0.15, 0.2) is 48.8 Å². The molecule has 0 aliphatic carbocycles. The minimum absolute atomic E-state index is 0.294. The number of nitrogens with zero attached hydrogens (tertiary/aromatic N) is 1. The lowest BCUT2D eigenvalue weighted by Crippen LogP contribution is -2.23. The first-order chi connectivity index (χ1) is 8.46. The number of benzene rings is 1. The monoisotopic (exact) mass is 243 g/mol. The Bertz CT molecular complexity index is 535. The fourth-order valence-corrected chi connectivity index (χ4v) is 1.62. The van der Waals surface area contributed by atoms with E-state index in [0.717, 1.165) is 5.69 Å². The van der Waals surface area contributed by atoms with Gasteiger partial charge in [-0.3, -0.25) is 0 Å². The second-order valence-electron chi connectivity index (χ2n) is 5.14. The summed E-state index contributed by atoms with van der Waals surface area (Å²) >= 11 is 0. The predicted molar refractivity (Wildman–Crippen MR) is 70.9 cm³/mol. The highest BCUT2D eigenvalue weighted by atomic mass is 16.6. The number of esters is 1. The number of para-hydroxylation sites is 1. The van der Waals surface area contributed by atoms with Crippen molar-refractivity contribution in [1.29, 1.82) is 0 Å². The molecule has 0 saturated carbocycles. The van der Waals surface area contributed by atoms with Crippen LogP contribution in [0.1, 0.15) is 31.1 Å². The molecule has 0 spiro atoms. The van der Waals surface area contributed by atoms with Crippen LogP contribution in [0.2, 0.25) is 0 Å². The van der Waals surface area contributed by atoms with Gasteiger partial charge in [-0.25, -0.2) is 4.79 Å². The van der Waals surface area contributed by atoms with Crippen molar-refractivity contribution in [3.05, 3.63) is 54.4 Å². The molecule has 0 saturated heterocycles. The summed E-state index contributed by atoms with van der Waals surface area (Å²) in [5.74, 6) is -0.294. The van der Waals surface area contributed by atoms with Gasteiger partial charge in [-0.2, -0.15) is 0 Å². The van der Waals surface area contributed by atoms with Gasteiger partial charge in [-0.05, 0) is 39.0 Å². The summed E-state index contributed by atoms with van der Waals surface area (Å²) in [6.45, 7) is 5.58. The number of hydrogen-bond acceptors (Lipinski definition) is 2. The van der Waals surface area contributed by atoms with Crippen LogP contribution in [0.3, 0.4) is 0 Å². The first kappa shape index (κ1) is 12.4. The third-order valence-electron chi connectivity index (χ3n) is 2.38. The van der Waals surface area contributed by atoms with E-state index in [1.54, 1.807) is 12.3 Å². The molecule has 18 heavy (non-hydrogen) atoms. The van der Waals surface area contributed by atoms with E-state index >= 15 is 0 Å². The first-order valence-corrected chi connectivity index (χ1v) is 5.92. The Balaban J connectivity index is 2.19. The number of rotatable bonds is 2. The van der Waals surface area contributed by atoms with Crippen molar-refractivity contribution in [2.75, 3.05) is 0 Å². The third-order valence-corrected chi connectivity index (χ3v) is 2.38. The molecule has 3 heteroatoms. The van der Waals surface area contributed by atoms with Crippen LogP contribution < -0.4 is 0 Å². The fourth-order valence-electron chi connectivity index (χ4n) is 1.62. The maximum Gasteiger partial charge on any atom is 0.340 e. The van der Waals surface area contributed by atoms with Gasteiger partial charge in [0.2, 0.25) is 0 Å². The highest BCUT2D eigenvalue weighted by Gasteiger charge is 2.18. The Morgan fingerprint density at radius 2 is 1.78 bits per heavy atom. The average molecular weight is 243 g/mol. The van der Waals surface area contributed by atoms with Crippen molar-refractivity contribution < 1.29 is 9.53 Å². The van der Waals surface area contributed by atoms with E-state index in [9.17, 15) is 4.79 Å². The minimum atomic E-state index is -0.466. The van der Waals surface area contributed by atoms with E-state index in [1.807, 2.05) is 61.9 Å². The molecule has 1 aromatic heterocycles.